The summed E-state index contributed by atoms with van der Waals surface area (Å²) in [4.78, 5) is 2.61. The molecular weight excluding hydrogens is 171 g/mol. The molecule has 0 saturated heterocycles. The van der Waals surface area contributed by atoms with Gasteiger partial charge in [0.15, 0.2) is 0 Å². The first-order valence-electron chi connectivity index (χ1n) is 2.06. The highest BCUT2D eigenvalue weighted by molar-refractivity contribution is 9.12. The summed E-state index contributed by atoms with van der Waals surface area (Å²) in [6, 6.07) is 0. The van der Waals surface area contributed by atoms with Crippen LogP contribution in [-0.2, 0) is 0 Å². The van der Waals surface area contributed by atoms with Crippen LogP contribution in [0.3, 0.4) is 0 Å². The Kier molecular flexibility index (Phi) is 6.63. The number of halogens is 2. The molecule has 0 atom stereocenters. The molecule has 0 aromatic heterocycles. The molecule has 0 N–H and O–H groups in total. The largest absolute Gasteiger partial charge is 0.127 e. The maximum atomic E-state index is 5.35. The molecule has 7 heavy (non-hydrogen) atoms. The van der Waals surface area contributed by atoms with Crippen LogP contribution in [0, 0.1) is 10.8 Å². The zero-order valence-corrected chi connectivity index (χ0v) is 6.22. The molecule has 0 bridgehead atoms. The van der Waals surface area contributed by atoms with Gasteiger partial charge in [0, 0.05) is 28.2 Å². The van der Waals surface area contributed by atoms with Gasteiger partial charge in [0.05, 0.1) is 0 Å². The minimum atomic E-state index is 0.710. The van der Waals surface area contributed by atoms with Gasteiger partial charge in [-0.1, -0.05) is 5.92 Å². The van der Waals surface area contributed by atoms with E-state index in [9.17, 15) is 0 Å². The van der Waals surface area contributed by atoms with Crippen LogP contribution in [0.4, 0.5) is 0 Å². The fourth-order valence-electron chi connectivity index (χ4n) is 0.202. The Balaban J connectivity index is 2.78. The molecule has 0 nitrogen and oxygen atoms in total. The van der Waals surface area contributed by atoms with Crippen molar-refractivity contribution in [3.63, 3.8) is 0 Å². The number of unbranched alkanes of at least 4 members (excludes halogenated alkanes) is 1. The lowest BCUT2D eigenvalue weighted by molar-refractivity contribution is 0.992. The summed E-state index contributed by atoms with van der Waals surface area (Å²) in [6.45, 7) is 0. The highest BCUT2D eigenvalue weighted by Gasteiger charge is 1.74. The van der Waals surface area contributed by atoms with Crippen LogP contribution in [0.25, 0.3) is 0 Å². The lowest BCUT2D eigenvalue weighted by atomic mass is 10.4. The van der Waals surface area contributed by atoms with Crippen LogP contribution in [0.2, 0.25) is 0 Å². The van der Waals surface area contributed by atoms with Crippen LogP contribution in [-0.4, -0.2) is 5.88 Å². The van der Waals surface area contributed by atoms with Gasteiger partial charge in [-0.05, 0) is 11.3 Å². The Bertz CT molecular complexity index is 79.8. The lowest BCUT2D eigenvalue weighted by Crippen LogP contribution is -1.68. The average Bonchev–Trinajstić information content (AvgIpc) is 1.69. The van der Waals surface area contributed by atoms with Gasteiger partial charge in [0.1, 0.15) is 0 Å². The summed E-state index contributed by atoms with van der Waals surface area (Å²) in [5, 5.41) is 0. The molecular formula is C5H6BrCl. The number of hydrogen-bond donors (Lipinski definition) is 0. The van der Waals surface area contributed by atoms with Gasteiger partial charge in [0.2, 0.25) is 0 Å². The van der Waals surface area contributed by atoms with Crippen molar-refractivity contribution in [2.45, 2.75) is 12.8 Å². The predicted molar refractivity (Wildman–Crippen MR) is 36.7 cm³/mol. The molecule has 0 aliphatic heterocycles. The van der Waals surface area contributed by atoms with Gasteiger partial charge in [-0.25, -0.2) is 0 Å². The molecule has 0 amide bonds. The Labute approximate surface area is 57.4 Å². The number of rotatable bonds is 2. The monoisotopic (exact) mass is 177 g/mol. The Hall–Kier alpha value is 0.330. The van der Waals surface area contributed by atoms with Gasteiger partial charge >= 0.3 is 0 Å². The summed E-state index contributed by atoms with van der Waals surface area (Å²) >= 11 is 8.33. The molecule has 0 aliphatic carbocycles. The highest BCUT2D eigenvalue weighted by Crippen LogP contribution is 1.88. The fourth-order valence-corrected chi connectivity index (χ4v) is 0.534. The third-order valence-corrected chi connectivity index (χ3v) is 1.05. The number of alkyl halides is 1. The predicted octanol–water partition coefficient (Wildman–Crippen LogP) is 2.36. The van der Waals surface area contributed by atoms with Crippen molar-refractivity contribution in [2.75, 3.05) is 5.88 Å². The van der Waals surface area contributed by atoms with Crippen molar-refractivity contribution >= 4 is 27.5 Å². The lowest BCUT2D eigenvalue weighted by Gasteiger charge is -1.78. The van der Waals surface area contributed by atoms with Crippen LogP contribution in [0.1, 0.15) is 12.8 Å². The van der Waals surface area contributed by atoms with Crippen molar-refractivity contribution in [1.29, 1.82) is 0 Å². The van der Waals surface area contributed by atoms with E-state index in [0.717, 1.165) is 12.8 Å². The molecule has 0 saturated carbocycles. The van der Waals surface area contributed by atoms with E-state index >= 15 is 0 Å². The van der Waals surface area contributed by atoms with Crippen molar-refractivity contribution < 1.29 is 0 Å². The molecule has 0 fully saturated rings. The van der Waals surface area contributed by atoms with Crippen molar-refractivity contribution in [3.8, 4) is 10.8 Å². The van der Waals surface area contributed by atoms with Crippen LogP contribution < -0.4 is 0 Å². The summed E-state index contributed by atoms with van der Waals surface area (Å²) in [6.07, 6.45) is 1.88. The number of hydrogen-bond acceptors (Lipinski definition) is 0. The molecule has 0 radical (unpaired) electrons. The molecule has 2 heteroatoms. The maximum Gasteiger partial charge on any atom is 0.0232 e. The highest BCUT2D eigenvalue weighted by atomic mass is 75.9. The quantitative estimate of drug-likeness (QED) is 0.345. The van der Waals surface area contributed by atoms with E-state index in [4.69, 9.17) is 11.6 Å². The third-order valence-electron chi connectivity index (χ3n) is 0.502. The van der Waals surface area contributed by atoms with Gasteiger partial charge in [-0.3, -0.25) is 0 Å². The summed E-state index contributed by atoms with van der Waals surface area (Å²) in [7, 11) is 0. The van der Waals surface area contributed by atoms with Gasteiger partial charge in [-0.15, -0.1) is 11.6 Å². The SMILES string of the molecule is ClCCCC#C[76Br]. The van der Waals surface area contributed by atoms with Crippen molar-refractivity contribution in [3.05, 3.63) is 0 Å². The van der Waals surface area contributed by atoms with Crippen LogP contribution in [0.15, 0.2) is 0 Å². The minimum Gasteiger partial charge on any atom is -0.127 e. The molecule has 40 valence electrons. The molecule has 0 aromatic carbocycles. The zero-order valence-electron chi connectivity index (χ0n) is 3.88. The molecule has 0 aromatic rings. The first-order chi connectivity index (χ1) is 3.41. The molecule has 0 unspecified atom stereocenters. The summed E-state index contributed by atoms with van der Waals surface area (Å²) in [5.74, 6) is 3.54. The normalized spacial score (nSPS) is 7.14. The van der Waals surface area contributed by atoms with E-state index in [1.54, 1.807) is 0 Å². The smallest absolute Gasteiger partial charge is 0.0232 e. The molecule has 0 aliphatic rings. The minimum absolute atomic E-state index is 0.710. The second-order valence-corrected chi connectivity index (χ2v) is 1.84. The molecule has 0 heterocycles. The fraction of sp³-hybridized carbons (Fsp3) is 0.600. The first-order valence-corrected chi connectivity index (χ1v) is 3.39. The second kappa shape index (κ2) is 6.33. The van der Waals surface area contributed by atoms with E-state index in [1.807, 2.05) is 0 Å². The zero-order chi connectivity index (χ0) is 5.54. The maximum absolute atomic E-state index is 5.35. The van der Waals surface area contributed by atoms with Gasteiger partial charge in [-0.2, -0.15) is 0 Å². The summed E-state index contributed by atoms with van der Waals surface area (Å²) in [5.41, 5.74) is 0. The molecule has 0 rings (SSSR count). The molecule has 0 spiro atoms. The van der Waals surface area contributed by atoms with E-state index in [-0.39, 0.29) is 0 Å². The third kappa shape index (κ3) is 6.33. The van der Waals surface area contributed by atoms with E-state index in [2.05, 4.69) is 26.7 Å². The topological polar surface area (TPSA) is 0 Å². The average molecular weight is 177 g/mol. The van der Waals surface area contributed by atoms with Crippen molar-refractivity contribution in [1.82, 2.24) is 0 Å². The first kappa shape index (κ1) is 7.33. The van der Waals surface area contributed by atoms with E-state index < -0.39 is 0 Å². The van der Waals surface area contributed by atoms with E-state index in [1.165, 1.54) is 0 Å². The van der Waals surface area contributed by atoms with Gasteiger partial charge in [0.25, 0.3) is 0 Å². The Morgan fingerprint density at radius 2 is 2.29 bits per heavy atom. The van der Waals surface area contributed by atoms with Gasteiger partial charge < -0.3 is 0 Å². The van der Waals surface area contributed by atoms with Crippen LogP contribution >= 0.6 is 27.5 Å². The Morgan fingerprint density at radius 1 is 1.57 bits per heavy atom. The standard InChI is InChI=1S/C5H6BrCl/c6-4-2-1-3-5-7/h1,3,5H2/i6-4. The Morgan fingerprint density at radius 3 is 2.71 bits per heavy atom. The van der Waals surface area contributed by atoms with Crippen LogP contribution in [0.5, 0.6) is 0 Å². The van der Waals surface area contributed by atoms with E-state index in [0.29, 0.717) is 5.88 Å². The summed E-state index contributed by atoms with van der Waals surface area (Å²) < 4.78 is 0. The van der Waals surface area contributed by atoms with Crippen molar-refractivity contribution in [2.24, 2.45) is 0 Å². The second-order valence-electron chi connectivity index (χ2n) is 1.06.